The Labute approximate surface area is 116 Å². The highest BCUT2D eigenvalue weighted by atomic mass is 14.7. The van der Waals surface area contributed by atoms with E-state index in [9.17, 15) is 0 Å². The number of hydrogen-bond acceptors (Lipinski definition) is 2. The smallest absolute Gasteiger partial charge is 0.0481 e. The van der Waals surface area contributed by atoms with Gasteiger partial charge < -0.3 is 5.73 Å². The Morgan fingerprint density at radius 2 is 2.05 bits per heavy atom. The van der Waals surface area contributed by atoms with Crippen molar-refractivity contribution in [3.05, 3.63) is 29.6 Å². The van der Waals surface area contributed by atoms with Gasteiger partial charge in [0.1, 0.15) is 0 Å². The molecule has 1 aromatic rings. The second-order valence-electron chi connectivity index (χ2n) is 6.44. The summed E-state index contributed by atoms with van der Waals surface area (Å²) in [6.07, 6.45) is 13.9. The number of pyridine rings is 1. The number of nitrogens with two attached hydrogens (primary N) is 1. The average molecular weight is 258 g/mol. The van der Waals surface area contributed by atoms with E-state index in [4.69, 9.17) is 5.73 Å². The molecule has 2 unspecified atom stereocenters. The molecule has 0 spiro atoms. The summed E-state index contributed by atoms with van der Waals surface area (Å²) in [5.41, 5.74) is 9.24. The van der Waals surface area contributed by atoms with Crippen molar-refractivity contribution in [2.24, 2.45) is 11.7 Å². The molecular weight excluding hydrogens is 232 g/mol. The van der Waals surface area contributed by atoms with Crippen LogP contribution in [0.25, 0.3) is 0 Å². The van der Waals surface area contributed by atoms with Gasteiger partial charge in [0.25, 0.3) is 0 Å². The monoisotopic (exact) mass is 258 g/mol. The Kier molecular flexibility index (Phi) is 4.17. The van der Waals surface area contributed by atoms with Crippen LogP contribution in [0.3, 0.4) is 0 Å². The second kappa shape index (κ2) is 6.04. The highest BCUT2D eigenvalue weighted by Gasteiger charge is 2.27. The molecular formula is C17H26N2. The Hall–Kier alpha value is -0.890. The Balaban J connectivity index is 1.62. The van der Waals surface area contributed by atoms with E-state index in [1.807, 2.05) is 6.20 Å². The van der Waals surface area contributed by atoms with Crippen LogP contribution in [0, 0.1) is 5.92 Å². The van der Waals surface area contributed by atoms with Crippen LogP contribution in [-0.4, -0.2) is 11.0 Å². The predicted molar refractivity (Wildman–Crippen MR) is 79.1 cm³/mol. The van der Waals surface area contributed by atoms with Crippen LogP contribution < -0.4 is 5.73 Å². The van der Waals surface area contributed by atoms with Gasteiger partial charge in [-0.15, -0.1) is 0 Å². The summed E-state index contributed by atoms with van der Waals surface area (Å²) >= 11 is 0. The van der Waals surface area contributed by atoms with Gasteiger partial charge in [-0.2, -0.15) is 0 Å². The molecule has 104 valence electrons. The summed E-state index contributed by atoms with van der Waals surface area (Å²) in [6.45, 7) is 0. The minimum absolute atomic E-state index is 0.314. The maximum absolute atomic E-state index is 6.50. The van der Waals surface area contributed by atoms with Crippen molar-refractivity contribution in [3.63, 3.8) is 0 Å². The van der Waals surface area contributed by atoms with Crippen LogP contribution in [0.15, 0.2) is 18.3 Å². The molecule has 0 amide bonds. The van der Waals surface area contributed by atoms with Gasteiger partial charge in [0.15, 0.2) is 0 Å². The van der Waals surface area contributed by atoms with Gasteiger partial charge in [0.05, 0.1) is 0 Å². The zero-order valence-electron chi connectivity index (χ0n) is 11.9. The highest BCUT2D eigenvalue weighted by Crippen LogP contribution is 2.35. The average Bonchev–Trinajstić information content (AvgIpc) is 2.97. The summed E-state index contributed by atoms with van der Waals surface area (Å²) in [7, 11) is 0. The molecule has 0 radical (unpaired) electrons. The predicted octanol–water partition coefficient (Wildman–Crippen LogP) is 3.80. The lowest BCUT2D eigenvalue weighted by Crippen LogP contribution is -2.32. The van der Waals surface area contributed by atoms with Crippen molar-refractivity contribution in [3.8, 4) is 0 Å². The van der Waals surface area contributed by atoms with E-state index < -0.39 is 0 Å². The van der Waals surface area contributed by atoms with E-state index in [0.717, 1.165) is 5.92 Å². The first-order valence-electron chi connectivity index (χ1n) is 8.04. The Morgan fingerprint density at radius 1 is 1.21 bits per heavy atom. The first kappa shape index (κ1) is 13.1. The lowest BCUT2D eigenvalue weighted by atomic mass is 9.80. The fraction of sp³-hybridized carbons (Fsp3) is 0.706. The Morgan fingerprint density at radius 3 is 2.89 bits per heavy atom. The zero-order chi connectivity index (χ0) is 13.1. The van der Waals surface area contributed by atoms with Crippen LogP contribution in [0.5, 0.6) is 0 Å². The van der Waals surface area contributed by atoms with E-state index in [-0.39, 0.29) is 0 Å². The molecule has 2 atom stereocenters. The molecule has 2 nitrogen and oxygen atoms in total. The minimum Gasteiger partial charge on any atom is -0.327 e. The third-order valence-corrected chi connectivity index (χ3v) is 5.14. The van der Waals surface area contributed by atoms with Crippen LogP contribution in [0.4, 0.5) is 0 Å². The van der Waals surface area contributed by atoms with Crippen molar-refractivity contribution < 1.29 is 0 Å². The highest BCUT2D eigenvalue weighted by molar-refractivity contribution is 5.27. The summed E-state index contributed by atoms with van der Waals surface area (Å²) < 4.78 is 0. The van der Waals surface area contributed by atoms with Gasteiger partial charge in [-0.25, -0.2) is 0 Å². The summed E-state index contributed by atoms with van der Waals surface area (Å²) in [4.78, 5) is 4.62. The first-order chi connectivity index (χ1) is 9.34. The maximum atomic E-state index is 6.50. The lowest BCUT2D eigenvalue weighted by Gasteiger charge is -2.29. The van der Waals surface area contributed by atoms with Crippen molar-refractivity contribution in [2.75, 3.05) is 0 Å². The van der Waals surface area contributed by atoms with E-state index >= 15 is 0 Å². The molecule has 2 N–H and O–H groups in total. The molecule has 19 heavy (non-hydrogen) atoms. The molecule has 0 aromatic carbocycles. The van der Waals surface area contributed by atoms with Gasteiger partial charge in [-0.1, -0.05) is 31.7 Å². The van der Waals surface area contributed by atoms with Crippen molar-refractivity contribution in [1.29, 1.82) is 0 Å². The van der Waals surface area contributed by atoms with Gasteiger partial charge in [0.2, 0.25) is 0 Å². The normalized spacial score (nSPS) is 25.2. The SMILES string of the molecule is NC(CCC1CCCC1)C1CCCc2cccnc21. The second-order valence-corrected chi connectivity index (χ2v) is 6.44. The number of hydrogen-bond donors (Lipinski definition) is 1. The molecule has 2 aliphatic carbocycles. The standard InChI is InChI=1S/C17H26N2/c18-16(11-10-13-5-1-2-6-13)15-9-3-7-14-8-4-12-19-17(14)15/h4,8,12-13,15-16H,1-3,5-7,9-11,18H2. The number of nitrogens with zero attached hydrogens (tertiary/aromatic N) is 1. The van der Waals surface area contributed by atoms with Crippen LogP contribution in [0.1, 0.15) is 68.5 Å². The quantitative estimate of drug-likeness (QED) is 0.892. The third kappa shape index (κ3) is 3.00. The van der Waals surface area contributed by atoms with Gasteiger partial charge in [-0.3, -0.25) is 4.98 Å². The summed E-state index contributed by atoms with van der Waals surface area (Å²) in [6, 6.07) is 4.61. The van der Waals surface area contributed by atoms with Gasteiger partial charge in [0, 0.05) is 23.9 Å². The molecule has 2 aliphatic rings. The molecule has 1 aromatic heterocycles. The van der Waals surface area contributed by atoms with E-state index in [2.05, 4.69) is 17.1 Å². The number of fused-ring (bicyclic) bond motifs is 1. The van der Waals surface area contributed by atoms with Crippen molar-refractivity contribution in [1.82, 2.24) is 4.98 Å². The van der Waals surface area contributed by atoms with E-state index in [1.165, 1.54) is 69.0 Å². The number of aryl methyl sites for hydroxylation is 1. The lowest BCUT2D eigenvalue weighted by molar-refractivity contribution is 0.385. The fourth-order valence-electron chi connectivity index (χ4n) is 3.99. The van der Waals surface area contributed by atoms with Gasteiger partial charge in [-0.05, 0) is 49.7 Å². The summed E-state index contributed by atoms with van der Waals surface area (Å²) in [5, 5.41) is 0. The maximum Gasteiger partial charge on any atom is 0.0481 e. The first-order valence-corrected chi connectivity index (χ1v) is 8.04. The topological polar surface area (TPSA) is 38.9 Å². The van der Waals surface area contributed by atoms with Crippen molar-refractivity contribution in [2.45, 2.75) is 69.7 Å². The number of aromatic nitrogens is 1. The summed E-state index contributed by atoms with van der Waals surface area (Å²) in [5.74, 6) is 1.46. The zero-order valence-corrected chi connectivity index (χ0v) is 11.9. The molecule has 0 aliphatic heterocycles. The largest absolute Gasteiger partial charge is 0.327 e. The van der Waals surface area contributed by atoms with E-state index in [0.29, 0.717) is 12.0 Å². The fourth-order valence-corrected chi connectivity index (χ4v) is 3.99. The third-order valence-electron chi connectivity index (χ3n) is 5.14. The molecule has 0 saturated heterocycles. The molecule has 1 saturated carbocycles. The molecule has 0 bridgehead atoms. The van der Waals surface area contributed by atoms with Crippen LogP contribution >= 0.6 is 0 Å². The van der Waals surface area contributed by atoms with Crippen molar-refractivity contribution >= 4 is 0 Å². The molecule has 2 heteroatoms. The van der Waals surface area contributed by atoms with Crippen LogP contribution in [0.2, 0.25) is 0 Å². The molecule has 1 fully saturated rings. The van der Waals surface area contributed by atoms with Gasteiger partial charge >= 0.3 is 0 Å². The Bertz CT molecular complexity index is 409. The number of rotatable bonds is 4. The minimum atomic E-state index is 0.314. The van der Waals surface area contributed by atoms with E-state index in [1.54, 1.807) is 0 Å². The molecule has 1 heterocycles. The molecule has 3 rings (SSSR count). The van der Waals surface area contributed by atoms with Crippen LogP contribution in [-0.2, 0) is 6.42 Å².